The van der Waals surface area contributed by atoms with E-state index >= 15 is 0 Å². The molecule has 0 radical (unpaired) electrons. The van der Waals surface area contributed by atoms with Crippen LogP contribution < -0.4 is 10.2 Å². The number of nitrogens with zero attached hydrogens (tertiary/aromatic N) is 3. The maximum atomic E-state index is 12.5. The van der Waals surface area contributed by atoms with Gasteiger partial charge in [0.25, 0.3) is 0 Å². The Hall–Kier alpha value is -3.43. The molecular weight excluding hydrogens is 428 g/mol. The lowest BCUT2D eigenvalue weighted by atomic mass is 10.1. The number of aromatic nitrogens is 1. The molecule has 0 aliphatic rings. The van der Waals surface area contributed by atoms with E-state index in [1.54, 1.807) is 60.7 Å². The fraction of sp³-hybridized carbons (Fsp3) is 0.522. The van der Waals surface area contributed by atoms with Gasteiger partial charge >= 0.3 is 18.1 Å². The van der Waals surface area contributed by atoms with Crippen molar-refractivity contribution in [2.24, 2.45) is 0 Å². The molecule has 0 aromatic carbocycles. The molecule has 0 saturated heterocycles. The van der Waals surface area contributed by atoms with Crippen molar-refractivity contribution in [2.45, 2.75) is 65.7 Å². The number of hydrogen-bond donors (Lipinski definition) is 1. The number of aldehydes is 1. The summed E-state index contributed by atoms with van der Waals surface area (Å²) in [6.07, 6.45) is 2.63. The van der Waals surface area contributed by atoms with Crippen LogP contribution in [0.1, 0.15) is 47.1 Å². The Morgan fingerprint density at radius 3 is 2.30 bits per heavy atom. The molecule has 0 aliphatic heterocycles. The molecule has 10 heteroatoms. The molecule has 0 spiro atoms. The predicted molar refractivity (Wildman–Crippen MR) is 124 cm³/mol. The molecule has 0 aliphatic carbocycles. The molecule has 1 unspecified atom stereocenters. The quantitative estimate of drug-likeness (QED) is 0.358. The smallest absolute Gasteiger partial charge is 0.408 e. The molecule has 0 bridgehead atoms. The lowest BCUT2D eigenvalue weighted by molar-refractivity contribution is -0.149. The highest BCUT2D eigenvalue weighted by atomic mass is 16.6. The fourth-order valence-corrected chi connectivity index (χ4v) is 2.65. The number of pyridine rings is 1. The molecule has 1 N–H and O–H groups in total. The second-order valence-electron chi connectivity index (χ2n) is 8.86. The van der Waals surface area contributed by atoms with Crippen LogP contribution in [-0.4, -0.2) is 66.1 Å². The van der Waals surface area contributed by atoms with Crippen LogP contribution in [0.25, 0.3) is 0 Å². The number of carbonyl (C=O) groups excluding carboxylic acids is 4. The minimum Gasteiger partial charge on any atom is -0.461 e. The van der Waals surface area contributed by atoms with Crippen molar-refractivity contribution in [1.82, 2.24) is 15.2 Å². The molecule has 182 valence electrons. The highest BCUT2D eigenvalue weighted by Gasteiger charge is 2.27. The number of anilines is 1. The minimum absolute atomic E-state index is 0.122. The predicted octanol–water partition coefficient (Wildman–Crippen LogP) is 3.06. The number of alkyl carbamates (subject to hydrolysis) is 1. The molecule has 1 atom stereocenters. The van der Waals surface area contributed by atoms with Gasteiger partial charge in [0, 0.05) is 38.5 Å². The molecule has 3 amide bonds. The summed E-state index contributed by atoms with van der Waals surface area (Å²) in [4.78, 5) is 54.9. The lowest BCUT2D eigenvalue weighted by Gasteiger charge is -2.24. The maximum Gasteiger partial charge on any atom is 0.408 e. The second-order valence-corrected chi connectivity index (χ2v) is 8.86. The third-order valence-electron chi connectivity index (χ3n) is 4.09. The number of nitrogens with one attached hydrogen (secondary N) is 1. The van der Waals surface area contributed by atoms with E-state index in [1.807, 2.05) is 0 Å². The van der Waals surface area contributed by atoms with E-state index in [2.05, 4.69) is 10.3 Å². The number of urea groups is 1. The normalized spacial score (nSPS) is 12.6. The second kappa shape index (κ2) is 12.0. The van der Waals surface area contributed by atoms with Crippen molar-refractivity contribution in [2.75, 3.05) is 19.0 Å². The SMILES string of the molecule is C/C(C=O)=C/N(C)C(=O)N(C)c1ccc(CC(NC(=O)OC(C)(C)C)C(=O)OC(C)C)cn1. The van der Waals surface area contributed by atoms with Crippen LogP contribution in [0.5, 0.6) is 0 Å². The summed E-state index contributed by atoms with van der Waals surface area (Å²) in [7, 11) is 3.09. The lowest BCUT2D eigenvalue weighted by Crippen LogP contribution is -2.46. The molecule has 0 fully saturated rings. The Bertz CT molecular complexity index is 874. The van der Waals surface area contributed by atoms with Gasteiger partial charge in [0.15, 0.2) is 0 Å². The molecule has 1 aromatic heterocycles. The monoisotopic (exact) mass is 462 g/mol. The first kappa shape index (κ1) is 27.6. The standard InChI is InChI=1S/C23H34N4O6/c1-15(2)32-20(29)18(25-21(30)33-23(4,5)6)11-17-9-10-19(24-12-17)27(8)22(31)26(7)13-16(3)14-28/h9-10,12-15,18H,11H2,1-8H3,(H,25,30)/b16-13-. The van der Waals surface area contributed by atoms with Crippen LogP contribution in [0.2, 0.25) is 0 Å². The Labute approximate surface area is 194 Å². The first-order valence-corrected chi connectivity index (χ1v) is 10.5. The summed E-state index contributed by atoms with van der Waals surface area (Å²) in [5, 5.41) is 2.55. The topological polar surface area (TPSA) is 118 Å². The highest BCUT2D eigenvalue weighted by molar-refractivity contribution is 5.91. The number of hydrogen-bond acceptors (Lipinski definition) is 7. The summed E-state index contributed by atoms with van der Waals surface area (Å²) in [6.45, 7) is 10.2. The van der Waals surface area contributed by atoms with E-state index in [-0.39, 0.29) is 18.6 Å². The van der Waals surface area contributed by atoms with Crippen LogP contribution >= 0.6 is 0 Å². The van der Waals surface area contributed by atoms with Crippen LogP contribution in [0.3, 0.4) is 0 Å². The molecule has 33 heavy (non-hydrogen) atoms. The molecule has 0 saturated carbocycles. The average molecular weight is 463 g/mol. The van der Waals surface area contributed by atoms with E-state index < -0.39 is 23.7 Å². The molecular formula is C23H34N4O6. The number of allylic oxidation sites excluding steroid dienone is 1. The number of rotatable bonds is 8. The van der Waals surface area contributed by atoms with E-state index in [1.165, 1.54) is 29.2 Å². The van der Waals surface area contributed by atoms with Gasteiger partial charge in [-0.3, -0.25) is 9.69 Å². The summed E-state index contributed by atoms with van der Waals surface area (Å²) in [5.41, 5.74) is 0.328. The van der Waals surface area contributed by atoms with E-state index in [4.69, 9.17) is 9.47 Å². The summed E-state index contributed by atoms with van der Waals surface area (Å²) >= 11 is 0. The number of ether oxygens (including phenoxy) is 2. The van der Waals surface area contributed by atoms with Gasteiger partial charge in [-0.15, -0.1) is 0 Å². The van der Waals surface area contributed by atoms with E-state index in [9.17, 15) is 19.2 Å². The van der Waals surface area contributed by atoms with Gasteiger partial charge < -0.3 is 19.7 Å². The van der Waals surface area contributed by atoms with Crippen LogP contribution in [0.4, 0.5) is 15.4 Å². The van der Waals surface area contributed by atoms with Crippen LogP contribution in [0.15, 0.2) is 30.1 Å². The zero-order valence-electron chi connectivity index (χ0n) is 20.5. The van der Waals surface area contributed by atoms with Crippen LogP contribution in [-0.2, 0) is 25.5 Å². The zero-order chi connectivity index (χ0) is 25.3. The average Bonchev–Trinajstić information content (AvgIpc) is 2.70. The minimum atomic E-state index is -0.975. The van der Waals surface area contributed by atoms with Gasteiger partial charge in [0.1, 0.15) is 23.7 Å². The molecule has 10 nitrogen and oxygen atoms in total. The van der Waals surface area contributed by atoms with Gasteiger partial charge in [-0.25, -0.2) is 19.4 Å². The Morgan fingerprint density at radius 1 is 1.18 bits per heavy atom. The molecule has 1 rings (SSSR count). The van der Waals surface area contributed by atoms with E-state index in [0.29, 0.717) is 23.2 Å². The highest BCUT2D eigenvalue weighted by Crippen LogP contribution is 2.14. The molecule has 1 aromatic rings. The third kappa shape index (κ3) is 9.71. The third-order valence-corrected chi connectivity index (χ3v) is 4.09. The zero-order valence-corrected chi connectivity index (χ0v) is 20.5. The van der Waals surface area contributed by atoms with Crippen molar-refractivity contribution < 1.29 is 28.7 Å². The Balaban J connectivity index is 2.97. The Morgan fingerprint density at radius 2 is 1.82 bits per heavy atom. The number of esters is 1. The number of carbonyl (C=O) groups is 4. The summed E-state index contributed by atoms with van der Waals surface area (Å²) in [6, 6.07) is 1.96. The van der Waals surface area contributed by atoms with Crippen molar-refractivity contribution in [3.8, 4) is 0 Å². The fourth-order valence-electron chi connectivity index (χ4n) is 2.65. The van der Waals surface area contributed by atoms with Gasteiger partial charge in [0.05, 0.1) is 6.10 Å². The van der Waals surface area contributed by atoms with Crippen molar-refractivity contribution in [1.29, 1.82) is 0 Å². The van der Waals surface area contributed by atoms with Crippen LogP contribution in [0, 0.1) is 0 Å². The first-order chi connectivity index (χ1) is 15.2. The summed E-state index contributed by atoms with van der Waals surface area (Å²) in [5.74, 6) is -0.222. The van der Waals surface area contributed by atoms with Crippen molar-refractivity contribution >= 4 is 30.2 Å². The van der Waals surface area contributed by atoms with Gasteiger partial charge in [-0.05, 0) is 53.2 Å². The van der Waals surface area contributed by atoms with Gasteiger partial charge in [-0.2, -0.15) is 0 Å². The summed E-state index contributed by atoms with van der Waals surface area (Å²) < 4.78 is 10.5. The largest absolute Gasteiger partial charge is 0.461 e. The Kier molecular flexibility index (Phi) is 10.0. The maximum absolute atomic E-state index is 12.5. The van der Waals surface area contributed by atoms with Gasteiger partial charge in [-0.1, -0.05) is 6.07 Å². The van der Waals surface area contributed by atoms with Gasteiger partial charge in [0.2, 0.25) is 0 Å². The van der Waals surface area contributed by atoms with Crippen molar-refractivity contribution in [3.63, 3.8) is 0 Å². The molecule has 1 heterocycles. The van der Waals surface area contributed by atoms with E-state index in [0.717, 1.165) is 0 Å². The number of amides is 3. The first-order valence-electron chi connectivity index (χ1n) is 10.5. The van der Waals surface area contributed by atoms with Crippen molar-refractivity contribution in [3.05, 3.63) is 35.7 Å².